The molecule has 1 N–H and O–H groups in total. The minimum atomic E-state index is -0.277. The van der Waals surface area contributed by atoms with Gasteiger partial charge in [0.05, 0.1) is 17.6 Å². The van der Waals surface area contributed by atoms with E-state index in [9.17, 15) is 10.1 Å². The van der Waals surface area contributed by atoms with E-state index in [1.54, 1.807) is 6.07 Å². The van der Waals surface area contributed by atoms with Gasteiger partial charge in [0.1, 0.15) is 5.75 Å². The van der Waals surface area contributed by atoms with Gasteiger partial charge in [-0.15, -0.1) is 0 Å². The standard InChI is InChI=1S/C22H24N2O3/c1-2-27-17-8-5-13(6-9-17)22-21-15-4-3-14(11-15)20(21)18-12-16(24(25)26)7-10-19(18)23-22/h5-10,12,14-15,20-23H,2-4,11H2,1H3. The number of hydrogen-bond acceptors (Lipinski definition) is 4. The Bertz CT molecular complexity index is 880. The fraction of sp³-hybridized carbons (Fsp3) is 0.455. The summed E-state index contributed by atoms with van der Waals surface area (Å²) in [6.07, 6.45) is 3.79. The maximum absolute atomic E-state index is 11.3. The fourth-order valence-corrected chi connectivity index (χ4v) is 5.86. The number of nitro benzene ring substituents is 1. The molecule has 0 amide bonds. The van der Waals surface area contributed by atoms with Crippen molar-refractivity contribution in [3.63, 3.8) is 0 Å². The van der Waals surface area contributed by atoms with Crippen LogP contribution in [0.1, 0.15) is 49.3 Å². The molecular formula is C22H24N2O3. The molecule has 2 saturated carbocycles. The highest BCUT2D eigenvalue weighted by atomic mass is 16.6. The number of fused-ring (bicyclic) bond motifs is 7. The minimum Gasteiger partial charge on any atom is -0.494 e. The summed E-state index contributed by atoms with van der Waals surface area (Å²) in [6, 6.07) is 14.0. The van der Waals surface area contributed by atoms with E-state index in [2.05, 4.69) is 17.4 Å². The summed E-state index contributed by atoms with van der Waals surface area (Å²) in [6.45, 7) is 2.66. The van der Waals surface area contributed by atoms with Crippen LogP contribution in [0.4, 0.5) is 11.4 Å². The summed E-state index contributed by atoms with van der Waals surface area (Å²) in [5.41, 5.74) is 3.71. The first kappa shape index (κ1) is 16.6. The molecule has 2 bridgehead atoms. The third-order valence-electron chi connectivity index (χ3n) is 6.83. The van der Waals surface area contributed by atoms with Gasteiger partial charge in [0.15, 0.2) is 0 Å². The first-order valence-electron chi connectivity index (χ1n) is 9.93. The van der Waals surface area contributed by atoms with Gasteiger partial charge in [-0.05, 0) is 79.2 Å². The first-order valence-corrected chi connectivity index (χ1v) is 9.93. The molecule has 140 valence electrons. The SMILES string of the molecule is CCOc1ccc(C2Nc3ccc([N+](=O)[O-])cc3C3C4CCC(C4)C23)cc1. The second-order valence-corrected chi connectivity index (χ2v) is 8.09. The summed E-state index contributed by atoms with van der Waals surface area (Å²) in [5, 5.41) is 15.0. The van der Waals surface area contributed by atoms with Crippen LogP contribution in [0.2, 0.25) is 0 Å². The van der Waals surface area contributed by atoms with Crippen LogP contribution in [0.5, 0.6) is 5.75 Å². The number of ether oxygens (including phenoxy) is 1. The highest BCUT2D eigenvalue weighted by molar-refractivity contribution is 5.62. The molecule has 5 rings (SSSR count). The lowest BCUT2D eigenvalue weighted by atomic mass is 9.68. The molecule has 3 aliphatic rings. The second-order valence-electron chi connectivity index (χ2n) is 8.09. The zero-order valence-corrected chi connectivity index (χ0v) is 15.4. The predicted molar refractivity (Wildman–Crippen MR) is 104 cm³/mol. The molecule has 0 radical (unpaired) electrons. The fourth-order valence-electron chi connectivity index (χ4n) is 5.86. The average molecular weight is 364 g/mol. The summed E-state index contributed by atoms with van der Waals surface area (Å²) in [4.78, 5) is 11.0. The molecule has 1 aliphatic heterocycles. The minimum absolute atomic E-state index is 0.205. The van der Waals surface area contributed by atoms with Gasteiger partial charge in [0, 0.05) is 17.8 Å². The Hall–Kier alpha value is -2.56. The summed E-state index contributed by atoms with van der Waals surface area (Å²) >= 11 is 0. The smallest absolute Gasteiger partial charge is 0.269 e. The number of hydrogen-bond donors (Lipinski definition) is 1. The van der Waals surface area contributed by atoms with Gasteiger partial charge in [-0.1, -0.05) is 12.1 Å². The van der Waals surface area contributed by atoms with E-state index in [0.717, 1.165) is 17.0 Å². The Morgan fingerprint density at radius 1 is 1.15 bits per heavy atom. The third kappa shape index (κ3) is 2.59. The number of rotatable bonds is 4. The quantitative estimate of drug-likeness (QED) is 0.591. The molecule has 2 fully saturated rings. The van der Waals surface area contributed by atoms with Crippen molar-refractivity contribution in [3.05, 3.63) is 63.7 Å². The molecule has 5 nitrogen and oxygen atoms in total. The van der Waals surface area contributed by atoms with E-state index >= 15 is 0 Å². The lowest BCUT2D eigenvalue weighted by molar-refractivity contribution is -0.384. The van der Waals surface area contributed by atoms with Crippen molar-refractivity contribution >= 4 is 11.4 Å². The van der Waals surface area contributed by atoms with Gasteiger partial charge in [-0.25, -0.2) is 0 Å². The topological polar surface area (TPSA) is 64.4 Å². The van der Waals surface area contributed by atoms with Gasteiger partial charge in [-0.2, -0.15) is 0 Å². The van der Waals surface area contributed by atoms with Crippen molar-refractivity contribution in [3.8, 4) is 5.75 Å². The van der Waals surface area contributed by atoms with Crippen LogP contribution in [-0.4, -0.2) is 11.5 Å². The number of nitrogens with zero attached hydrogens (tertiary/aromatic N) is 1. The number of nitro groups is 1. The molecule has 0 aromatic heterocycles. The lowest BCUT2D eigenvalue weighted by Gasteiger charge is -2.43. The number of benzene rings is 2. The summed E-state index contributed by atoms with van der Waals surface area (Å²) in [7, 11) is 0. The van der Waals surface area contributed by atoms with Crippen LogP contribution in [0.15, 0.2) is 42.5 Å². The van der Waals surface area contributed by atoms with Gasteiger partial charge in [-0.3, -0.25) is 10.1 Å². The predicted octanol–water partition coefficient (Wildman–Crippen LogP) is 5.29. The Labute approximate surface area is 158 Å². The zero-order valence-electron chi connectivity index (χ0n) is 15.4. The van der Waals surface area contributed by atoms with Crippen molar-refractivity contribution < 1.29 is 9.66 Å². The highest BCUT2D eigenvalue weighted by Gasteiger charge is 2.54. The van der Waals surface area contributed by atoms with Gasteiger partial charge < -0.3 is 10.1 Å². The monoisotopic (exact) mass is 364 g/mol. The highest BCUT2D eigenvalue weighted by Crippen LogP contribution is 2.63. The number of nitrogens with one attached hydrogen (secondary N) is 1. The first-order chi connectivity index (χ1) is 13.2. The molecule has 0 spiro atoms. The molecule has 5 heteroatoms. The van der Waals surface area contributed by atoms with Crippen LogP contribution in [0.25, 0.3) is 0 Å². The molecule has 5 atom stereocenters. The number of anilines is 1. The van der Waals surface area contributed by atoms with Gasteiger partial charge in [0.25, 0.3) is 5.69 Å². The van der Waals surface area contributed by atoms with Crippen molar-refractivity contribution in [2.45, 2.75) is 38.1 Å². The van der Waals surface area contributed by atoms with Crippen LogP contribution in [-0.2, 0) is 0 Å². The van der Waals surface area contributed by atoms with E-state index in [1.165, 1.54) is 24.8 Å². The molecule has 0 saturated heterocycles. The molecule has 2 aromatic rings. The van der Waals surface area contributed by atoms with E-state index < -0.39 is 0 Å². The Balaban J connectivity index is 1.55. The van der Waals surface area contributed by atoms with E-state index in [4.69, 9.17) is 4.74 Å². The Kier molecular flexibility index (Phi) is 3.85. The lowest BCUT2D eigenvalue weighted by Crippen LogP contribution is -2.35. The molecular weight excluding hydrogens is 340 g/mol. The van der Waals surface area contributed by atoms with Crippen LogP contribution >= 0.6 is 0 Å². The van der Waals surface area contributed by atoms with Gasteiger partial charge in [0.2, 0.25) is 0 Å². The second kappa shape index (κ2) is 6.25. The van der Waals surface area contributed by atoms with E-state index in [-0.39, 0.29) is 16.7 Å². The van der Waals surface area contributed by atoms with Crippen molar-refractivity contribution in [1.82, 2.24) is 0 Å². The molecule has 2 aliphatic carbocycles. The Morgan fingerprint density at radius 2 is 1.93 bits per heavy atom. The molecule has 27 heavy (non-hydrogen) atoms. The summed E-state index contributed by atoms with van der Waals surface area (Å²) in [5.74, 6) is 3.20. The number of non-ortho nitro benzene ring substituents is 1. The van der Waals surface area contributed by atoms with Crippen LogP contribution < -0.4 is 10.1 Å². The van der Waals surface area contributed by atoms with Crippen molar-refractivity contribution in [1.29, 1.82) is 0 Å². The molecule has 2 aromatic carbocycles. The average Bonchev–Trinajstić information content (AvgIpc) is 3.30. The van der Waals surface area contributed by atoms with E-state index in [1.807, 2.05) is 31.2 Å². The van der Waals surface area contributed by atoms with Crippen molar-refractivity contribution in [2.75, 3.05) is 11.9 Å². The molecule has 5 unspecified atom stereocenters. The maximum Gasteiger partial charge on any atom is 0.269 e. The largest absolute Gasteiger partial charge is 0.494 e. The third-order valence-corrected chi connectivity index (χ3v) is 6.83. The van der Waals surface area contributed by atoms with Crippen LogP contribution in [0, 0.1) is 27.9 Å². The van der Waals surface area contributed by atoms with Crippen molar-refractivity contribution in [2.24, 2.45) is 17.8 Å². The molecule has 1 heterocycles. The Morgan fingerprint density at radius 3 is 2.67 bits per heavy atom. The maximum atomic E-state index is 11.3. The van der Waals surface area contributed by atoms with Crippen LogP contribution in [0.3, 0.4) is 0 Å². The zero-order chi connectivity index (χ0) is 18.5. The van der Waals surface area contributed by atoms with E-state index in [0.29, 0.717) is 30.3 Å². The normalized spacial score (nSPS) is 30.3. The van der Waals surface area contributed by atoms with Gasteiger partial charge >= 0.3 is 0 Å². The summed E-state index contributed by atoms with van der Waals surface area (Å²) < 4.78 is 5.59.